The lowest BCUT2D eigenvalue weighted by atomic mass is 9.74. The van der Waals surface area contributed by atoms with Crippen molar-refractivity contribution in [3.05, 3.63) is 59.7 Å². The molecule has 1 atom stereocenters. The second kappa shape index (κ2) is 9.85. The van der Waals surface area contributed by atoms with Crippen LogP contribution in [0.3, 0.4) is 0 Å². The van der Waals surface area contributed by atoms with E-state index in [1.165, 1.54) is 0 Å². The van der Waals surface area contributed by atoms with Crippen molar-refractivity contribution in [1.82, 2.24) is 15.5 Å². The molecule has 8 nitrogen and oxygen atoms in total. The lowest BCUT2D eigenvalue weighted by Gasteiger charge is -2.42. The Kier molecular flexibility index (Phi) is 6.88. The number of ether oxygens (including phenoxy) is 1. The van der Waals surface area contributed by atoms with Crippen molar-refractivity contribution in [2.75, 3.05) is 27.2 Å². The maximum atomic E-state index is 13.0. The van der Waals surface area contributed by atoms with E-state index in [1.54, 1.807) is 19.0 Å². The van der Waals surface area contributed by atoms with Gasteiger partial charge in [-0.1, -0.05) is 48.5 Å². The van der Waals surface area contributed by atoms with Gasteiger partial charge >= 0.3 is 12.1 Å². The third-order valence-electron chi connectivity index (χ3n) is 6.69. The molecule has 0 bridgehead atoms. The molecule has 0 aromatic heterocycles. The maximum absolute atomic E-state index is 13.0. The van der Waals surface area contributed by atoms with Gasteiger partial charge in [-0.15, -0.1) is 0 Å². The second-order valence-corrected chi connectivity index (χ2v) is 9.48. The minimum atomic E-state index is -0.950. The molecule has 4 rings (SSSR count). The number of alkyl carbamates (subject to hydrolysis) is 1. The zero-order chi connectivity index (χ0) is 24.3. The number of benzene rings is 2. The first-order valence-electron chi connectivity index (χ1n) is 11.6. The predicted molar refractivity (Wildman–Crippen MR) is 128 cm³/mol. The standard InChI is InChI=1S/C26H31N3O5/c1-29(2)15-22(24(32)28-26(12-7-13-26)14-23(30)31)27-25(33)34-16-21-19-10-5-3-8-17(19)18-9-4-6-11-20(18)21/h3-6,8-11,21-22H,7,12-16H2,1-2H3,(H,27,33)(H,28,32)(H,30,31)/t22-/m0/s1. The number of carbonyl (C=O) groups excluding carboxylic acids is 2. The molecule has 2 aliphatic rings. The molecular weight excluding hydrogens is 434 g/mol. The number of carbonyl (C=O) groups is 3. The highest BCUT2D eigenvalue weighted by molar-refractivity contribution is 5.87. The molecule has 0 saturated heterocycles. The largest absolute Gasteiger partial charge is 0.481 e. The first-order chi connectivity index (χ1) is 16.3. The summed E-state index contributed by atoms with van der Waals surface area (Å²) >= 11 is 0. The van der Waals surface area contributed by atoms with E-state index in [0.717, 1.165) is 28.7 Å². The van der Waals surface area contributed by atoms with Crippen LogP contribution >= 0.6 is 0 Å². The van der Waals surface area contributed by atoms with Gasteiger partial charge in [0.05, 0.1) is 12.0 Å². The molecule has 2 aromatic carbocycles. The number of likely N-dealkylation sites (N-methyl/N-ethyl adjacent to an activating group) is 1. The monoisotopic (exact) mass is 465 g/mol. The summed E-state index contributed by atoms with van der Waals surface area (Å²) in [6.07, 6.45) is 1.30. The van der Waals surface area contributed by atoms with E-state index in [2.05, 4.69) is 22.8 Å². The van der Waals surface area contributed by atoms with Crippen LogP contribution in [0.4, 0.5) is 4.79 Å². The van der Waals surface area contributed by atoms with E-state index < -0.39 is 29.6 Å². The van der Waals surface area contributed by atoms with Crippen LogP contribution < -0.4 is 10.6 Å². The quantitative estimate of drug-likeness (QED) is 0.526. The topological polar surface area (TPSA) is 108 Å². The molecule has 3 N–H and O–H groups in total. The lowest BCUT2D eigenvalue weighted by molar-refractivity contribution is -0.140. The van der Waals surface area contributed by atoms with Gasteiger partial charge in [-0.25, -0.2) is 4.79 Å². The summed E-state index contributed by atoms with van der Waals surface area (Å²) in [4.78, 5) is 38.8. The van der Waals surface area contributed by atoms with Gasteiger partial charge in [-0.3, -0.25) is 9.59 Å². The number of hydrogen-bond acceptors (Lipinski definition) is 5. The molecule has 0 spiro atoms. The Hall–Kier alpha value is -3.39. The van der Waals surface area contributed by atoms with E-state index in [-0.39, 0.29) is 25.5 Å². The Bertz CT molecular complexity index is 1030. The number of aliphatic carboxylic acids is 1. The summed E-state index contributed by atoms with van der Waals surface area (Å²) < 4.78 is 5.59. The van der Waals surface area contributed by atoms with Crippen LogP contribution in [0.5, 0.6) is 0 Å². The van der Waals surface area contributed by atoms with Gasteiger partial charge in [0.1, 0.15) is 12.6 Å². The number of carboxylic acid groups (broad SMARTS) is 1. The molecule has 8 heteroatoms. The average Bonchev–Trinajstić information content (AvgIpc) is 3.09. The molecule has 0 radical (unpaired) electrons. The highest BCUT2D eigenvalue weighted by atomic mass is 16.5. The van der Waals surface area contributed by atoms with Crippen LogP contribution in [-0.4, -0.2) is 66.8 Å². The third-order valence-corrected chi connectivity index (χ3v) is 6.69. The van der Waals surface area contributed by atoms with Crippen LogP contribution in [0.2, 0.25) is 0 Å². The van der Waals surface area contributed by atoms with Crippen molar-refractivity contribution in [2.24, 2.45) is 0 Å². The summed E-state index contributed by atoms with van der Waals surface area (Å²) in [5.74, 6) is -1.43. The van der Waals surface area contributed by atoms with Crippen LogP contribution in [0.25, 0.3) is 11.1 Å². The molecule has 34 heavy (non-hydrogen) atoms. The Labute approximate surface area is 199 Å². The molecule has 180 valence electrons. The maximum Gasteiger partial charge on any atom is 0.407 e. The summed E-state index contributed by atoms with van der Waals surface area (Å²) in [7, 11) is 3.60. The fraction of sp³-hybridized carbons (Fsp3) is 0.423. The van der Waals surface area contributed by atoms with Crippen molar-refractivity contribution in [2.45, 2.75) is 43.2 Å². The Morgan fingerprint density at radius 3 is 2.15 bits per heavy atom. The lowest BCUT2D eigenvalue weighted by Crippen LogP contribution is -2.61. The van der Waals surface area contributed by atoms with Crippen molar-refractivity contribution in [3.63, 3.8) is 0 Å². The van der Waals surface area contributed by atoms with Gasteiger partial charge in [-0.05, 0) is 55.6 Å². The van der Waals surface area contributed by atoms with Gasteiger partial charge < -0.3 is 25.4 Å². The van der Waals surface area contributed by atoms with E-state index in [9.17, 15) is 19.5 Å². The Morgan fingerprint density at radius 2 is 1.65 bits per heavy atom. The molecule has 0 aliphatic heterocycles. The zero-order valence-electron chi connectivity index (χ0n) is 19.5. The number of nitrogens with zero attached hydrogens (tertiary/aromatic N) is 1. The molecule has 2 amide bonds. The highest BCUT2D eigenvalue weighted by Crippen LogP contribution is 2.44. The number of fused-ring (bicyclic) bond motifs is 3. The van der Waals surface area contributed by atoms with Crippen molar-refractivity contribution in [1.29, 1.82) is 0 Å². The van der Waals surface area contributed by atoms with Gasteiger partial charge in [0.2, 0.25) is 5.91 Å². The molecule has 1 fully saturated rings. The first-order valence-corrected chi connectivity index (χ1v) is 11.6. The van der Waals surface area contributed by atoms with Crippen LogP contribution in [0, 0.1) is 0 Å². The number of hydrogen-bond donors (Lipinski definition) is 3. The predicted octanol–water partition coefficient (Wildman–Crippen LogP) is 2.97. The molecule has 2 aliphatic carbocycles. The summed E-state index contributed by atoms with van der Waals surface area (Å²) in [6, 6.07) is 15.3. The van der Waals surface area contributed by atoms with Crippen molar-refractivity contribution < 1.29 is 24.2 Å². The van der Waals surface area contributed by atoms with E-state index in [1.807, 2.05) is 36.4 Å². The highest BCUT2D eigenvalue weighted by Gasteiger charge is 2.42. The van der Waals surface area contributed by atoms with Crippen LogP contribution in [-0.2, 0) is 14.3 Å². The molecule has 0 heterocycles. The number of nitrogens with one attached hydrogen (secondary N) is 2. The van der Waals surface area contributed by atoms with E-state index in [4.69, 9.17) is 4.74 Å². The van der Waals surface area contributed by atoms with Crippen molar-refractivity contribution in [3.8, 4) is 11.1 Å². The molecular formula is C26H31N3O5. The van der Waals surface area contributed by atoms with Gasteiger partial charge in [0, 0.05) is 12.5 Å². The van der Waals surface area contributed by atoms with Crippen molar-refractivity contribution >= 4 is 18.0 Å². The second-order valence-electron chi connectivity index (χ2n) is 9.48. The average molecular weight is 466 g/mol. The van der Waals surface area contributed by atoms with Gasteiger partial charge in [-0.2, -0.15) is 0 Å². The number of amides is 2. The molecule has 2 aromatic rings. The number of rotatable bonds is 9. The minimum absolute atomic E-state index is 0.0758. The minimum Gasteiger partial charge on any atom is -0.481 e. The summed E-state index contributed by atoms with van der Waals surface area (Å²) in [5, 5.41) is 14.8. The zero-order valence-corrected chi connectivity index (χ0v) is 19.5. The normalized spacial score (nSPS) is 16.7. The number of carboxylic acids is 1. The van der Waals surface area contributed by atoms with E-state index in [0.29, 0.717) is 12.8 Å². The smallest absolute Gasteiger partial charge is 0.407 e. The van der Waals surface area contributed by atoms with E-state index >= 15 is 0 Å². The Balaban J connectivity index is 1.41. The van der Waals surface area contributed by atoms with Crippen LogP contribution in [0.15, 0.2) is 48.5 Å². The SMILES string of the molecule is CN(C)C[C@H](NC(=O)OCC1c2ccccc2-c2ccccc21)C(=O)NC1(CC(=O)O)CCC1. The third kappa shape index (κ3) is 5.07. The van der Waals surface area contributed by atoms with Gasteiger partial charge in [0.15, 0.2) is 0 Å². The fourth-order valence-corrected chi connectivity index (χ4v) is 4.93. The van der Waals surface area contributed by atoms with Crippen LogP contribution in [0.1, 0.15) is 42.7 Å². The first kappa shape index (κ1) is 23.8. The fourth-order valence-electron chi connectivity index (χ4n) is 4.93. The Morgan fingerprint density at radius 1 is 1.06 bits per heavy atom. The summed E-state index contributed by atoms with van der Waals surface area (Å²) in [6.45, 7) is 0.415. The summed E-state index contributed by atoms with van der Waals surface area (Å²) in [5.41, 5.74) is 3.76. The van der Waals surface area contributed by atoms with Gasteiger partial charge in [0.25, 0.3) is 0 Å². The molecule has 1 saturated carbocycles. The molecule has 0 unspecified atom stereocenters.